The van der Waals surface area contributed by atoms with Crippen LogP contribution in [0.5, 0.6) is 0 Å². The molecule has 114 valence electrons. The molecule has 0 aromatic carbocycles. The normalized spacial score (nSPS) is 12.4. The average molecular weight is 289 g/mol. The lowest BCUT2D eigenvalue weighted by molar-refractivity contribution is -0.121. The van der Waals surface area contributed by atoms with Crippen LogP contribution < -0.4 is 5.32 Å². The van der Waals surface area contributed by atoms with Gasteiger partial charge in [0.15, 0.2) is 0 Å². The highest BCUT2D eigenvalue weighted by molar-refractivity contribution is 5.76. The monoisotopic (exact) mass is 289 g/mol. The van der Waals surface area contributed by atoms with Crippen LogP contribution in [0, 0.1) is 20.8 Å². The van der Waals surface area contributed by atoms with Crippen LogP contribution in [0.25, 0.3) is 0 Å². The lowest BCUT2D eigenvalue weighted by atomic mass is 10.2. The Bertz CT molecular complexity index is 613. The third-order valence-corrected chi connectivity index (χ3v) is 3.39. The number of aromatic nitrogens is 4. The van der Waals surface area contributed by atoms with Crippen molar-refractivity contribution in [3.63, 3.8) is 0 Å². The minimum absolute atomic E-state index is 0.0399. The smallest absolute Gasteiger partial charge is 0.220 e. The van der Waals surface area contributed by atoms with Gasteiger partial charge < -0.3 is 10.3 Å². The summed E-state index contributed by atoms with van der Waals surface area (Å²) in [5.74, 6) is 0.831. The number of imidazole rings is 1. The van der Waals surface area contributed by atoms with Gasteiger partial charge >= 0.3 is 0 Å². The molecule has 2 rings (SSSR count). The largest absolute Gasteiger partial charge is 0.346 e. The first-order chi connectivity index (χ1) is 9.95. The Morgan fingerprint density at radius 3 is 2.76 bits per heavy atom. The molecule has 0 fully saturated rings. The number of amides is 1. The van der Waals surface area contributed by atoms with E-state index in [-0.39, 0.29) is 11.9 Å². The number of hydrogen-bond acceptors (Lipinski definition) is 3. The van der Waals surface area contributed by atoms with Gasteiger partial charge in [0.2, 0.25) is 5.91 Å². The van der Waals surface area contributed by atoms with Gasteiger partial charge in [0.1, 0.15) is 5.82 Å². The Kier molecular flexibility index (Phi) is 4.77. The summed E-state index contributed by atoms with van der Waals surface area (Å²) >= 11 is 0. The number of nitrogens with zero attached hydrogens (tertiary/aromatic N) is 3. The predicted octanol–water partition coefficient (Wildman–Crippen LogP) is 2.19. The van der Waals surface area contributed by atoms with E-state index in [2.05, 4.69) is 20.4 Å². The minimum Gasteiger partial charge on any atom is -0.346 e. The van der Waals surface area contributed by atoms with E-state index in [1.54, 1.807) is 6.20 Å². The maximum Gasteiger partial charge on any atom is 0.220 e. The standard InChI is InChI=1S/C15H23N5O/c1-10-8-12(3)20(19-10)7-5-6-14(21)18-13(4)15-16-9-11(2)17-15/h8-9,13H,5-7H2,1-4H3,(H,16,17)(H,18,21)/t13-/m1/s1. The van der Waals surface area contributed by atoms with Crippen LogP contribution in [0.1, 0.15) is 48.7 Å². The highest BCUT2D eigenvalue weighted by Gasteiger charge is 2.12. The molecule has 2 aromatic heterocycles. The first-order valence-electron chi connectivity index (χ1n) is 7.27. The van der Waals surface area contributed by atoms with E-state index in [0.29, 0.717) is 6.42 Å². The van der Waals surface area contributed by atoms with Gasteiger partial charge in [-0.3, -0.25) is 9.48 Å². The topological polar surface area (TPSA) is 75.6 Å². The van der Waals surface area contributed by atoms with Gasteiger partial charge in [-0.2, -0.15) is 5.10 Å². The molecule has 2 aromatic rings. The van der Waals surface area contributed by atoms with Gasteiger partial charge in [0.05, 0.1) is 11.7 Å². The molecule has 2 heterocycles. The number of aromatic amines is 1. The fraction of sp³-hybridized carbons (Fsp3) is 0.533. The van der Waals surface area contributed by atoms with E-state index in [1.165, 1.54) is 0 Å². The number of rotatable bonds is 6. The Labute approximate surface area is 125 Å². The molecule has 0 unspecified atom stereocenters. The number of nitrogens with one attached hydrogen (secondary N) is 2. The van der Waals surface area contributed by atoms with Crippen molar-refractivity contribution < 1.29 is 4.79 Å². The van der Waals surface area contributed by atoms with Crippen LogP contribution in [0.15, 0.2) is 12.3 Å². The molecular formula is C15H23N5O. The molecule has 0 aliphatic rings. The Hall–Kier alpha value is -2.11. The van der Waals surface area contributed by atoms with Gasteiger partial charge in [-0.25, -0.2) is 4.98 Å². The molecule has 21 heavy (non-hydrogen) atoms. The molecule has 0 aliphatic carbocycles. The fourth-order valence-corrected chi connectivity index (χ4v) is 2.33. The number of H-pyrrole nitrogens is 1. The summed E-state index contributed by atoms with van der Waals surface area (Å²) in [6.07, 6.45) is 3.03. The summed E-state index contributed by atoms with van der Waals surface area (Å²) in [6, 6.07) is 1.95. The van der Waals surface area contributed by atoms with E-state index in [0.717, 1.165) is 35.9 Å². The second-order valence-corrected chi connectivity index (χ2v) is 5.49. The summed E-state index contributed by atoms with van der Waals surface area (Å²) in [7, 11) is 0. The minimum atomic E-state index is -0.0973. The van der Waals surface area contributed by atoms with Crippen LogP contribution in [0.3, 0.4) is 0 Å². The van der Waals surface area contributed by atoms with E-state index < -0.39 is 0 Å². The Morgan fingerprint density at radius 1 is 1.43 bits per heavy atom. The zero-order valence-electron chi connectivity index (χ0n) is 13.1. The molecule has 0 saturated carbocycles. The molecule has 1 amide bonds. The zero-order chi connectivity index (χ0) is 15.4. The van der Waals surface area contributed by atoms with E-state index in [1.807, 2.05) is 38.4 Å². The average Bonchev–Trinajstić information content (AvgIpc) is 2.96. The van der Waals surface area contributed by atoms with Crippen molar-refractivity contribution in [1.82, 2.24) is 25.1 Å². The van der Waals surface area contributed by atoms with Crippen LogP contribution in [-0.2, 0) is 11.3 Å². The summed E-state index contributed by atoms with van der Waals surface area (Å²) < 4.78 is 1.95. The number of aryl methyl sites for hydroxylation is 4. The van der Waals surface area contributed by atoms with E-state index >= 15 is 0 Å². The zero-order valence-corrected chi connectivity index (χ0v) is 13.1. The quantitative estimate of drug-likeness (QED) is 0.856. The highest BCUT2D eigenvalue weighted by atomic mass is 16.1. The summed E-state index contributed by atoms with van der Waals surface area (Å²) in [4.78, 5) is 19.3. The molecule has 6 heteroatoms. The van der Waals surface area contributed by atoms with Crippen molar-refractivity contribution in [2.45, 2.75) is 53.1 Å². The third-order valence-electron chi connectivity index (χ3n) is 3.39. The number of hydrogen-bond donors (Lipinski definition) is 2. The predicted molar refractivity (Wildman–Crippen MR) is 80.8 cm³/mol. The summed E-state index contributed by atoms with van der Waals surface area (Å²) in [5, 5.41) is 7.34. The maximum absolute atomic E-state index is 11.9. The fourth-order valence-electron chi connectivity index (χ4n) is 2.33. The summed E-state index contributed by atoms with van der Waals surface area (Å²) in [5.41, 5.74) is 3.14. The maximum atomic E-state index is 11.9. The Morgan fingerprint density at radius 2 is 2.19 bits per heavy atom. The lowest BCUT2D eigenvalue weighted by Gasteiger charge is -2.11. The van der Waals surface area contributed by atoms with Crippen LogP contribution >= 0.6 is 0 Å². The molecular weight excluding hydrogens is 266 g/mol. The Balaban J connectivity index is 1.76. The van der Waals surface area contributed by atoms with Crippen molar-refractivity contribution in [1.29, 1.82) is 0 Å². The molecule has 6 nitrogen and oxygen atoms in total. The van der Waals surface area contributed by atoms with Crippen molar-refractivity contribution in [2.24, 2.45) is 0 Å². The molecule has 0 bridgehead atoms. The van der Waals surface area contributed by atoms with Crippen LogP contribution in [0.4, 0.5) is 0 Å². The van der Waals surface area contributed by atoms with Crippen LogP contribution in [-0.4, -0.2) is 25.7 Å². The van der Waals surface area contributed by atoms with Crippen molar-refractivity contribution in [2.75, 3.05) is 0 Å². The molecule has 0 spiro atoms. The van der Waals surface area contributed by atoms with Gasteiger partial charge in [0.25, 0.3) is 0 Å². The number of carbonyl (C=O) groups excluding carboxylic acids is 1. The van der Waals surface area contributed by atoms with Crippen molar-refractivity contribution >= 4 is 5.91 Å². The second kappa shape index (κ2) is 6.56. The van der Waals surface area contributed by atoms with E-state index in [4.69, 9.17) is 0 Å². The second-order valence-electron chi connectivity index (χ2n) is 5.49. The summed E-state index contributed by atoms with van der Waals surface area (Å²) in [6.45, 7) is 8.64. The molecule has 2 N–H and O–H groups in total. The van der Waals surface area contributed by atoms with Gasteiger partial charge in [-0.1, -0.05) is 0 Å². The van der Waals surface area contributed by atoms with Gasteiger partial charge in [0, 0.05) is 30.6 Å². The molecule has 1 atom stereocenters. The third kappa shape index (κ3) is 4.18. The first kappa shape index (κ1) is 15.3. The molecule has 0 radical (unpaired) electrons. The van der Waals surface area contributed by atoms with Crippen molar-refractivity contribution in [3.05, 3.63) is 35.2 Å². The highest BCUT2D eigenvalue weighted by Crippen LogP contribution is 2.09. The van der Waals surface area contributed by atoms with Crippen molar-refractivity contribution in [3.8, 4) is 0 Å². The number of carbonyl (C=O) groups is 1. The van der Waals surface area contributed by atoms with Crippen LogP contribution in [0.2, 0.25) is 0 Å². The van der Waals surface area contributed by atoms with Gasteiger partial charge in [-0.15, -0.1) is 0 Å². The van der Waals surface area contributed by atoms with Gasteiger partial charge in [-0.05, 0) is 40.2 Å². The molecule has 0 saturated heterocycles. The first-order valence-corrected chi connectivity index (χ1v) is 7.27. The molecule has 0 aliphatic heterocycles. The lowest BCUT2D eigenvalue weighted by Crippen LogP contribution is -2.27. The SMILES string of the molecule is Cc1cc(C)n(CCCC(=O)N[C@H](C)c2ncc(C)[nH]2)n1. The van der Waals surface area contributed by atoms with E-state index in [9.17, 15) is 4.79 Å².